The van der Waals surface area contributed by atoms with Crippen molar-refractivity contribution in [1.29, 1.82) is 0 Å². The van der Waals surface area contributed by atoms with Crippen molar-refractivity contribution in [3.05, 3.63) is 83.2 Å². The fourth-order valence-electron chi connectivity index (χ4n) is 4.28. The summed E-state index contributed by atoms with van der Waals surface area (Å²) >= 11 is 0. The normalized spacial score (nSPS) is 11.2. The van der Waals surface area contributed by atoms with Gasteiger partial charge in [-0.15, -0.1) is 0 Å². The average Bonchev–Trinajstić information content (AvgIpc) is 3.49. The van der Waals surface area contributed by atoms with Crippen molar-refractivity contribution < 1.29 is 41.4 Å². The summed E-state index contributed by atoms with van der Waals surface area (Å²) in [4.78, 5) is 19.4. The third-order valence-electron chi connectivity index (χ3n) is 6.57. The van der Waals surface area contributed by atoms with Gasteiger partial charge < -0.3 is 28.4 Å². The Hall–Kier alpha value is -4.74. The van der Waals surface area contributed by atoms with Gasteiger partial charge in [-0.2, -0.15) is 18.2 Å². The number of alkyl halides is 3. The zero-order chi connectivity index (χ0) is 30.3. The van der Waals surface area contributed by atoms with Crippen molar-refractivity contribution >= 4 is 5.91 Å². The molecule has 0 aliphatic carbocycles. The molecule has 3 aromatic carbocycles. The number of nitrogens with zero attached hydrogens (tertiary/aromatic N) is 3. The van der Waals surface area contributed by atoms with Crippen LogP contribution in [-0.4, -0.2) is 62.5 Å². The van der Waals surface area contributed by atoms with Gasteiger partial charge in [0.25, 0.3) is 5.91 Å². The molecule has 222 valence electrons. The number of carbonyl (C=O) groups is 1. The number of halogens is 3. The summed E-state index contributed by atoms with van der Waals surface area (Å²) < 4.78 is 65.9. The summed E-state index contributed by atoms with van der Waals surface area (Å²) in [6.07, 6.45) is -3.83. The highest BCUT2D eigenvalue weighted by Gasteiger charge is 2.30. The van der Waals surface area contributed by atoms with E-state index in [1.165, 1.54) is 40.6 Å². The minimum atomic E-state index is -4.50. The second kappa shape index (κ2) is 13.3. The molecular formula is C30H30F3N3O6. The molecule has 1 heterocycles. The highest BCUT2D eigenvalue weighted by atomic mass is 19.4. The molecule has 0 fully saturated rings. The third kappa shape index (κ3) is 7.12. The minimum Gasteiger partial charge on any atom is -0.493 e. The minimum absolute atomic E-state index is 0.131. The number of rotatable bonds is 12. The van der Waals surface area contributed by atoms with Gasteiger partial charge >= 0.3 is 6.18 Å². The predicted octanol–water partition coefficient (Wildman–Crippen LogP) is 5.72. The van der Waals surface area contributed by atoms with E-state index in [4.69, 9.17) is 23.5 Å². The number of hydrogen-bond acceptors (Lipinski definition) is 8. The zero-order valence-electron chi connectivity index (χ0n) is 23.5. The molecule has 9 nitrogen and oxygen atoms in total. The highest BCUT2D eigenvalue weighted by molar-refractivity contribution is 5.94. The number of benzene rings is 3. The second-order valence-corrected chi connectivity index (χ2v) is 9.14. The van der Waals surface area contributed by atoms with Crippen LogP contribution >= 0.6 is 0 Å². The van der Waals surface area contributed by atoms with Crippen LogP contribution in [0.2, 0.25) is 0 Å². The predicted molar refractivity (Wildman–Crippen MR) is 147 cm³/mol. The molecule has 0 saturated carbocycles. The molecule has 0 atom stereocenters. The van der Waals surface area contributed by atoms with Gasteiger partial charge in [0.1, 0.15) is 0 Å². The van der Waals surface area contributed by atoms with Crippen molar-refractivity contribution in [2.24, 2.45) is 0 Å². The van der Waals surface area contributed by atoms with E-state index in [1.54, 1.807) is 29.2 Å². The fraction of sp³-hybridized carbons (Fsp3) is 0.300. The van der Waals surface area contributed by atoms with E-state index in [1.807, 2.05) is 12.1 Å². The Morgan fingerprint density at radius 3 is 2.00 bits per heavy atom. The van der Waals surface area contributed by atoms with Crippen LogP contribution in [0.1, 0.15) is 27.4 Å². The van der Waals surface area contributed by atoms with Crippen LogP contribution in [0, 0.1) is 0 Å². The van der Waals surface area contributed by atoms with E-state index in [9.17, 15) is 18.0 Å². The molecule has 0 N–H and O–H groups in total. The van der Waals surface area contributed by atoms with Gasteiger partial charge in [-0.25, -0.2) is 0 Å². The van der Waals surface area contributed by atoms with Crippen LogP contribution in [-0.2, 0) is 19.0 Å². The first kappa shape index (κ1) is 30.2. The lowest BCUT2D eigenvalue weighted by Gasteiger charge is -2.23. The second-order valence-electron chi connectivity index (χ2n) is 9.14. The van der Waals surface area contributed by atoms with E-state index in [2.05, 4.69) is 10.1 Å². The maximum Gasteiger partial charge on any atom is 0.416 e. The number of aromatic nitrogens is 2. The molecule has 0 aliphatic heterocycles. The molecule has 0 bridgehead atoms. The van der Waals surface area contributed by atoms with E-state index in [0.29, 0.717) is 40.8 Å². The van der Waals surface area contributed by atoms with Gasteiger partial charge in [0.2, 0.25) is 11.7 Å². The molecule has 0 spiro atoms. The molecule has 12 heteroatoms. The Balaban J connectivity index is 1.52. The topological polar surface area (TPSA) is 96.2 Å². The Labute approximate surface area is 240 Å². The monoisotopic (exact) mass is 585 g/mol. The number of carbonyl (C=O) groups excluding carboxylic acids is 1. The van der Waals surface area contributed by atoms with Crippen LogP contribution in [0.3, 0.4) is 0 Å². The molecule has 1 aromatic heterocycles. The summed E-state index contributed by atoms with van der Waals surface area (Å²) in [6.45, 7) is 0.451. The summed E-state index contributed by atoms with van der Waals surface area (Å²) in [7, 11) is 6.12. The number of hydrogen-bond donors (Lipinski definition) is 0. The van der Waals surface area contributed by atoms with Gasteiger partial charge in [0.05, 0.1) is 34.0 Å². The lowest BCUT2D eigenvalue weighted by Crippen LogP contribution is -2.35. The Morgan fingerprint density at radius 2 is 1.38 bits per heavy atom. The summed E-state index contributed by atoms with van der Waals surface area (Å²) in [5, 5.41) is 4.04. The lowest BCUT2D eigenvalue weighted by atomic mass is 10.1. The van der Waals surface area contributed by atoms with Crippen molar-refractivity contribution in [1.82, 2.24) is 15.0 Å². The molecule has 4 rings (SSSR count). The maximum absolute atomic E-state index is 13.4. The number of amides is 1. The number of ether oxygens (including phenoxy) is 4. The van der Waals surface area contributed by atoms with E-state index >= 15 is 0 Å². The zero-order valence-corrected chi connectivity index (χ0v) is 23.5. The Bertz CT molecular complexity index is 1510. The largest absolute Gasteiger partial charge is 0.493 e. The van der Waals surface area contributed by atoms with Gasteiger partial charge in [-0.3, -0.25) is 4.79 Å². The lowest BCUT2D eigenvalue weighted by molar-refractivity contribution is -0.137. The first-order valence-electron chi connectivity index (χ1n) is 12.9. The molecule has 0 radical (unpaired) electrons. The van der Waals surface area contributed by atoms with E-state index < -0.39 is 17.6 Å². The Morgan fingerprint density at radius 1 is 0.786 bits per heavy atom. The highest BCUT2D eigenvalue weighted by Crippen LogP contribution is 2.32. The molecule has 1 amide bonds. The van der Waals surface area contributed by atoms with Crippen molar-refractivity contribution in [2.45, 2.75) is 19.0 Å². The summed E-state index contributed by atoms with van der Waals surface area (Å²) in [6, 6.07) is 14.8. The van der Waals surface area contributed by atoms with Gasteiger partial charge in [-0.05, 0) is 66.6 Å². The quantitative estimate of drug-likeness (QED) is 0.208. The van der Waals surface area contributed by atoms with Crippen molar-refractivity contribution in [3.63, 3.8) is 0 Å². The average molecular weight is 586 g/mol. The van der Waals surface area contributed by atoms with Crippen LogP contribution in [0.15, 0.2) is 65.2 Å². The van der Waals surface area contributed by atoms with Crippen LogP contribution in [0.4, 0.5) is 13.2 Å². The first-order valence-corrected chi connectivity index (χ1v) is 12.9. The van der Waals surface area contributed by atoms with Gasteiger partial charge in [0, 0.05) is 30.6 Å². The number of methoxy groups -OCH3 is 4. The van der Waals surface area contributed by atoms with Crippen LogP contribution in [0.5, 0.6) is 23.0 Å². The summed E-state index contributed by atoms with van der Waals surface area (Å²) in [5.74, 6) is 2.36. The maximum atomic E-state index is 13.4. The molecule has 0 saturated heterocycles. The standard InChI is InChI=1S/C30H30F3N3O6/c1-38-23-11-5-19(17-25(23)40-3)13-15-36(29(37)20-6-9-22(10-7-20)30(31,32)33)16-14-27-34-28(35-42-27)21-8-12-24(39-2)26(18-21)41-4/h5-12,17-18H,13-16H2,1-4H3. The smallest absolute Gasteiger partial charge is 0.416 e. The molecule has 4 aromatic rings. The fourth-order valence-corrected chi connectivity index (χ4v) is 4.28. The first-order chi connectivity index (χ1) is 20.2. The van der Waals surface area contributed by atoms with Crippen LogP contribution < -0.4 is 18.9 Å². The van der Waals surface area contributed by atoms with Crippen molar-refractivity contribution in [3.8, 4) is 34.4 Å². The third-order valence-corrected chi connectivity index (χ3v) is 6.57. The Kier molecular flexibility index (Phi) is 9.56. The van der Waals surface area contributed by atoms with E-state index in [0.717, 1.165) is 17.7 Å². The molecule has 0 unspecified atom stereocenters. The summed E-state index contributed by atoms with van der Waals surface area (Å²) in [5.41, 5.74) is 0.830. The molecular weight excluding hydrogens is 555 g/mol. The van der Waals surface area contributed by atoms with Gasteiger partial charge in [0.15, 0.2) is 23.0 Å². The van der Waals surface area contributed by atoms with E-state index in [-0.39, 0.29) is 31.0 Å². The van der Waals surface area contributed by atoms with Gasteiger partial charge in [-0.1, -0.05) is 11.2 Å². The van der Waals surface area contributed by atoms with Crippen molar-refractivity contribution in [2.75, 3.05) is 41.5 Å². The SMILES string of the molecule is COc1ccc(CCN(CCc2nc(-c3ccc(OC)c(OC)c3)no2)C(=O)c2ccc(C(F)(F)F)cc2)cc1OC. The van der Waals surface area contributed by atoms with Crippen LogP contribution in [0.25, 0.3) is 11.4 Å². The molecule has 42 heavy (non-hydrogen) atoms. The molecule has 0 aliphatic rings.